The highest BCUT2D eigenvalue weighted by atomic mass is 16.2. The third kappa shape index (κ3) is 3.77. The molecule has 0 radical (unpaired) electrons. The Morgan fingerprint density at radius 1 is 1.15 bits per heavy atom. The van der Waals surface area contributed by atoms with Crippen LogP contribution in [0.15, 0.2) is 64.8 Å². The molecule has 26 heavy (non-hydrogen) atoms. The summed E-state index contributed by atoms with van der Waals surface area (Å²) in [6.07, 6.45) is 1.54. The number of anilines is 1. The fourth-order valence-electron chi connectivity index (χ4n) is 2.59. The van der Waals surface area contributed by atoms with E-state index in [-0.39, 0.29) is 11.6 Å². The number of benzene rings is 2. The largest absolute Gasteiger partial charge is 0.378 e. The quantitative estimate of drug-likeness (QED) is 0.633. The topological polar surface area (TPSA) is 86.2 Å². The van der Waals surface area contributed by atoms with Gasteiger partial charge in [-0.2, -0.15) is 10.2 Å². The van der Waals surface area contributed by atoms with E-state index in [1.165, 1.54) is 0 Å². The zero-order valence-corrected chi connectivity index (χ0v) is 14.5. The van der Waals surface area contributed by atoms with Crippen molar-refractivity contribution in [3.05, 3.63) is 65.7 Å². The smallest absolute Gasteiger partial charge is 0.288 e. The Morgan fingerprint density at radius 3 is 2.50 bits per heavy atom. The molecule has 1 heterocycles. The van der Waals surface area contributed by atoms with Crippen molar-refractivity contribution < 1.29 is 9.59 Å². The van der Waals surface area contributed by atoms with Gasteiger partial charge in [-0.3, -0.25) is 9.59 Å². The second-order valence-corrected chi connectivity index (χ2v) is 6.00. The number of carbonyl (C=O) groups excluding carboxylic acids is 2. The average Bonchev–Trinajstić information content (AvgIpc) is 3.04. The van der Waals surface area contributed by atoms with Gasteiger partial charge < -0.3 is 4.90 Å². The van der Waals surface area contributed by atoms with Crippen molar-refractivity contribution in [2.24, 2.45) is 10.2 Å². The molecular weight excluding hydrogens is 330 g/mol. The van der Waals surface area contributed by atoms with Crippen molar-refractivity contribution in [2.75, 3.05) is 19.0 Å². The van der Waals surface area contributed by atoms with Gasteiger partial charge in [0.1, 0.15) is 11.6 Å². The van der Waals surface area contributed by atoms with Crippen molar-refractivity contribution >= 4 is 29.4 Å². The van der Waals surface area contributed by atoms with E-state index in [0.29, 0.717) is 5.56 Å². The molecule has 0 aromatic heterocycles. The minimum atomic E-state index is -0.731. The van der Waals surface area contributed by atoms with E-state index in [2.05, 4.69) is 21.1 Å². The third-order valence-electron chi connectivity index (χ3n) is 3.98. The van der Waals surface area contributed by atoms with Crippen molar-refractivity contribution in [2.45, 2.75) is 5.92 Å². The van der Waals surface area contributed by atoms with E-state index in [9.17, 15) is 9.59 Å². The summed E-state index contributed by atoms with van der Waals surface area (Å²) in [4.78, 5) is 26.4. The number of hydrazone groups is 2. The predicted molar refractivity (Wildman–Crippen MR) is 101 cm³/mol. The van der Waals surface area contributed by atoms with E-state index in [1.807, 2.05) is 61.5 Å². The molecule has 0 fully saturated rings. The summed E-state index contributed by atoms with van der Waals surface area (Å²) in [5, 5.41) is 7.81. The maximum absolute atomic E-state index is 12.4. The van der Waals surface area contributed by atoms with Gasteiger partial charge in [-0.25, -0.2) is 10.9 Å². The highest BCUT2D eigenvalue weighted by Gasteiger charge is 2.35. The minimum absolute atomic E-state index is 0.0984. The van der Waals surface area contributed by atoms with Crippen LogP contribution in [0.4, 0.5) is 5.69 Å². The van der Waals surface area contributed by atoms with Crippen molar-refractivity contribution in [1.29, 1.82) is 0 Å². The number of hydrogen-bond acceptors (Lipinski definition) is 5. The molecular formula is C19H19N5O2. The second kappa shape index (κ2) is 7.60. The van der Waals surface area contributed by atoms with Crippen LogP contribution in [-0.2, 0) is 9.59 Å². The Bertz CT molecular complexity index is 857. The lowest BCUT2D eigenvalue weighted by Gasteiger charge is -2.11. The van der Waals surface area contributed by atoms with Gasteiger partial charge in [-0.05, 0) is 23.3 Å². The number of amides is 2. The molecule has 2 aromatic rings. The van der Waals surface area contributed by atoms with Gasteiger partial charge in [0, 0.05) is 19.8 Å². The molecule has 3 rings (SSSR count). The van der Waals surface area contributed by atoms with Crippen LogP contribution in [0.1, 0.15) is 17.0 Å². The van der Waals surface area contributed by atoms with Crippen molar-refractivity contribution in [3.63, 3.8) is 0 Å². The summed E-state index contributed by atoms with van der Waals surface area (Å²) < 4.78 is 0. The molecule has 1 atom stereocenters. The van der Waals surface area contributed by atoms with Crippen LogP contribution in [-0.4, -0.2) is 37.8 Å². The van der Waals surface area contributed by atoms with Gasteiger partial charge in [0.15, 0.2) is 0 Å². The molecule has 2 N–H and O–H groups in total. The van der Waals surface area contributed by atoms with E-state index in [0.717, 1.165) is 11.3 Å². The molecule has 0 saturated carbocycles. The van der Waals surface area contributed by atoms with Crippen molar-refractivity contribution in [1.82, 2.24) is 10.9 Å². The van der Waals surface area contributed by atoms with Crippen LogP contribution < -0.4 is 15.8 Å². The summed E-state index contributed by atoms with van der Waals surface area (Å²) in [5.74, 6) is -1.58. The van der Waals surface area contributed by atoms with E-state index < -0.39 is 11.8 Å². The predicted octanol–water partition coefficient (Wildman–Crippen LogP) is 1.47. The summed E-state index contributed by atoms with van der Waals surface area (Å²) in [5.41, 5.74) is 7.51. The fraction of sp³-hybridized carbons (Fsp3) is 0.158. The molecule has 1 aliphatic heterocycles. The molecule has 0 spiro atoms. The van der Waals surface area contributed by atoms with Crippen LogP contribution in [0.3, 0.4) is 0 Å². The maximum Gasteiger partial charge on any atom is 0.288 e. The molecule has 0 unspecified atom stereocenters. The number of hydrogen-bond donors (Lipinski definition) is 2. The Kier molecular flexibility index (Phi) is 5.07. The normalized spacial score (nSPS) is 16.3. The van der Waals surface area contributed by atoms with Gasteiger partial charge in [0.05, 0.1) is 6.21 Å². The lowest BCUT2D eigenvalue weighted by atomic mass is 9.94. The van der Waals surface area contributed by atoms with Gasteiger partial charge >= 0.3 is 0 Å². The zero-order valence-electron chi connectivity index (χ0n) is 14.5. The molecule has 7 heteroatoms. The summed E-state index contributed by atoms with van der Waals surface area (Å²) >= 11 is 0. The monoisotopic (exact) mass is 349 g/mol. The first-order chi connectivity index (χ1) is 12.6. The van der Waals surface area contributed by atoms with Crippen molar-refractivity contribution in [3.8, 4) is 0 Å². The van der Waals surface area contributed by atoms with E-state index in [4.69, 9.17) is 0 Å². The molecule has 0 saturated heterocycles. The van der Waals surface area contributed by atoms with Gasteiger partial charge in [0.25, 0.3) is 11.8 Å². The van der Waals surface area contributed by atoms with Crippen LogP contribution in [0.2, 0.25) is 0 Å². The highest BCUT2D eigenvalue weighted by Crippen LogP contribution is 2.21. The van der Waals surface area contributed by atoms with E-state index in [1.54, 1.807) is 18.3 Å². The zero-order chi connectivity index (χ0) is 18.5. The number of rotatable bonds is 5. The fourth-order valence-corrected chi connectivity index (χ4v) is 2.59. The number of nitrogens with one attached hydrogen (secondary N) is 2. The Balaban J connectivity index is 1.66. The molecule has 0 aliphatic carbocycles. The molecule has 0 bridgehead atoms. The van der Waals surface area contributed by atoms with Gasteiger partial charge in [-0.15, -0.1) is 0 Å². The highest BCUT2D eigenvalue weighted by molar-refractivity contribution is 6.46. The standard InChI is InChI=1S/C19H19N5O2/c1-24(2)15-10-8-13(9-11-15)12-20-22-19(26)17-16(18(25)23-21-17)14-6-4-3-5-7-14/h3-12,16H,1-2H3,(H,22,26)(H,23,25)/b20-12-/t16-/m0/s1. The molecule has 7 nitrogen and oxygen atoms in total. The number of nitrogens with zero attached hydrogens (tertiary/aromatic N) is 3. The SMILES string of the molecule is CN(C)c1ccc(/C=N\NC(=O)C2=NNC(=O)[C@H]2c2ccccc2)cc1. The first-order valence-corrected chi connectivity index (χ1v) is 8.09. The maximum atomic E-state index is 12.4. The Labute approximate surface area is 151 Å². The van der Waals surface area contributed by atoms with Gasteiger partial charge in [-0.1, -0.05) is 42.5 Å². The van der Waals surface area contributed by atoms with Gasteiger partial charge in [0.2, 0.25) is 0 Å². The first-order valence-electron chi connectivity index (χ1n) is 8.09. The van der Waals surface area contributed by atoms with E-state index >= 15 is 0 Å². The van der Waals surface area contributed by atoms with Crippen LogP contribution in [0.25, 0.3) is 0 Å². The molecule has 2 amide bonds. The van der Waals surface area contributed by atoms with Crippen LogP contribution >= 0.6 is 0 Å². The summed E-state index contributed by atoms with van der Waals surface area (Å²) in [7, 11) is 3.92. The molecule has 1 aliphatic rings. The lowest BCUT2D eigenvalue weighted by molar-refractivity contribution is -0.121. The lowest BCUT2D eigenvalue weighted by Crippen LogP contribution is -2.32. The second-order valence-electron chi connectivity index (χ2n) is 6.00. The minimum Gasteiger partial charge on any atom is -0.378 e. The average molecular weight is 349 g/mol. The van der Waals surface area contributed by atoms with Crippen LogP contribution in [0, 0.1) is 0 Å². The Hall–Kier alpha value is -3.48. The third-order valence-corrected chi connectivity index (χ3v) is 3.98. The summed E-state index contributed by atoms with van der Waals surface area (Å²) in [6, 6.07) is 16.8. The summed E-state index contributed by atoms with van der Waals surface area (Å²) in [6.45, 7) is 0. The van der Waals surface area contributed by atoms with Crippen LogP contribution in [0.5, 0.6) is 0 Å². The first kappa shape index (κ1) is 17.3. The molecule has 132 valence electrons. The Morgan fingerprint density at radius 2 is 1.85 bits per heavy atom. The number of carbonyl (C=O) groups is 2. The molecule has 2 aromatic carbocycles.